The summed E-state index contributed by atoms with van der Waals surface area (Å²) in [5.41, 5.74) is 3.36. The van der Waals surface area contributed by atoms with Crippen LogP contribution in [0.4, 0.5) is 4.39 Å². The zero-order valence-corrected chi connectivity index (χ0v) is 16.7. The van der Waals surface area contributed by atoms with Gasteiger partial charge >= 0.3 is 0 Å². The molecule has 1 aliphatic rings. The van der Waals surface area contributed by atoms with Gasteiger partial charge in [-0.1, -0.05) is 82.2 Å². The van der Waals surface area contributed by atoms with Gasteiger partial charge in [0.2, 0.25) is 0 Å². The average Bonchev–Trinajstić information content (AvgIpc) is 2.72. The summed E-state index contributed by atoms with van der Waals surface area (Å²) in [6, 6.07) is 13.9. The van der Waals surface area contributed by atoms with Gasteiger partial charge < -0.3 is 4.74 Å². The largest absolute Gasteiger partial charge is 0.491 e. The van der Waals surface area contributed by atoms with E-state index in [1.165, 1.54) is 44.1 Å². The van der Waals surface area contributed by atoms with Gasteiger partial charge in [0, 0.05) is 0 Å². The second kappa shape index (κ2) is 10.5. The Balaban J connectivity index is 1.55. The van der Waals surface area contributed by atoms with Crippen molar-refractivity contribution in [3.8, 4) is 16.9 Å². The molecule has 0 saturated heterocycles. The summed E-state index contributed by atoms with van der Waals surface area (Å²) in [5, 5.41) is 0. The Kier molecular flexibility index (Phi) is 7.74. The summed E-state index contributed by atoms with van der Waals surface area (Å²) < 4.78 is 19.9. The molecule has 0 radical (unpaired) electrons. The molecule has 0 aromatic heterocycles. The van der Waals surface area contributed by atoms with Gasteiger partial charge in [-0.3, -0.25) is 0 Å². The fourth-order valence-corrected chi connectivity index (χ4v) is 4.04. The monoisotopic (exact) mass is 368 g/mol. The third-order valence-corrected chi connectivity index (χ3v) is 5.79. The lowest BCUT2D eigenvalue weighted by Crippen LogP contribution is -2.07. The van der Waals surface area contributed by atoms with E-state index in [1.807, 2.05) is 6.07 Å². The molecule has 0 aliphatic heterocycles. The van der Waals surface area contributed by atoms with Crippen LogP contribution in [0, 0.1) is 11.7 Å². The molecule has 2 heteroatoms. The lowest BCUT2D eigenvalue weighted by Gasteiger charge is -2.21. The Morgan fingerprint density at radius 2 is 1.67 bits per heavy atom. The fourth-order valence-electron chi connectivity index (χ4n) is 4.04. The number of ether oxygens (including phenoxy) is 1. The molecule has 146 valence electrons. The van der Waals surface area contributed by atoms with Gasteiger partial charge in [0.25, 0.3) is 0 Å². The number of halogens is 1. The zero-order valence-electron chi connectivity index (χ0n) is 16.7. The van der Waals surface area contributed by atoms with Gasteiger partial charge in [0.15, 0.2) is 11.6 Å². The zero-order chi connectivity index (χ0) is 18.9. The minimum absolute atomic E-state index is 0.273. The maximum atomic E-state index is 14.3. The summed E-state index contributed by atoms with van der Waals surface area (Å²) in [4.78, 5) is 0. The molecule has 2 aromatic carbocycles. The number of unbranched alkanes of at least 4 members (excludes halogenated alkanes) is 2. The second-order valence-corrected chi connectivity index (χ2v) is 7.94. The van der Waals surface area contributed by atoms with Crippen molar-refractivity contribution in [1.29, 1.82) is 0 Å². The van der Waals surface area contributed by atoms with E-state index in [9.17, 15) is 4.39 Å². The van der Waals surface area contributed by atoms with Gasteiger partial charge in [-0.25, -0.2) is 4.39 Å². The first kappa shape index (κ1) is 19.9. The van der Waals surface area contributed by atoms with E-state index in [1.54, 1.807) is 12.1 Å². The molecule has 1 fully saturated rings. The molecule has 0 N–H and O–H groups in total. The summed E-state index contributed by atoms with van der Waals surface area (Å²) in [7, 11) is 0. The summed E-state index contributed by atoms with van der Waals surface area (Å²) in [6.45, 7) is 2.73. The molecular weight excluding hydrogens is 335 g/mol. The van der Waals surface area contributed by atoms with E-state index >= 15 is 0 Å². The molecule has 3 rings (SSSR count). The molecule has 1 saturated carbocycles. The van der Waals surface area contributed by atoms with Crippen molar-refractivity contribution in [2.45, 2.75) is 71.1 Å². The molecule has 0 atom stereocenters. The van der Waals surface area contributed by atoms with E-state index in [-0.39, 0.29) is 5.82 Å². The first-order valence-corrected chi connectivity index (χ1v) is 10.8. The predicted octanol–water partition coefficient (Wildman–Crippen LogP) is 7.57. The van der Waals surface area contributed by atoms with Crippen molar-refractivity contribution in [2.75, 3.05) is 6.61 Å². The number of hydrogen-bond acceptors (Lipinski definition) is 1. The molecule has 2 aromatic rings. The van der Waals surface area contributed by atoms with Crippen LogP contribution in [0.1, 0.15) is 70.3 Å². The van der Waals surface area contributed by atoms with Gasteiger partial charge in [-0.2, -0.15) is 0 Å². The summed E-state index contributed by atoms with van der Waals surface area (Å²) in [5.74, 6) is 1.00. The fraction of sp³-hybridized carbons (Fsp3) is 0.520. The van der Waals surface area contributed by atoms with Crippen LogP contribution in [0.15, 0.2) is 42.5 Å². The molecule has 0 unspecified atom stereocenters. The first-order valence-electron chi connectivity index (χ1n) is 10.8. The highest BCUT2D eigenvalue weighted by molar-refractivity contribution is 5.64. The smallest absolute Gasteiger partial charge is 0.165 e. The molecule has 27 heavy (non-hydrogen) atoms. The summed E-state index contributed by atoms with van der Waals surface area (Å²) >= 11 is 0. The number of benzene rings is 2. The molecule has 0 heterocycles. The Bertz CT molecular complexity index is 686. The Morgan fingerprint density at radius 1 is 0.926 bits per heavy atom. The molecule has 0 amide bonds. The first-order chi connectivity index (χ1) is 13.3. The number of hydrogen-bond donors (Lipinski definition) is 0. The normalized spacial score (nSPS) is 15.0. The summed E-state index contributed by atoms with van der Waals surface area (Å²) in [6.07, 6.45) is 12.7. The van der Waals surface area contributed by atoms with Crippen molar-refractivity contribution >= 4 is 0 Å². The number of aryl methyl sites for hydroxylation is 1. The van der Waals surface area contributed by atoms with Crippen LogP contribution in [0.25, 0.3) is 11.1 Å². The van der Waals surface area contributed by atoms with E-state index in [4.69, 9.17) is 4.74 Å². The van der Waals surface area contributed by atoms with Crippen LogP contribution >= 0.6 is 0 Å². The van der Waals surface area contributed by atoms with Crippen LogP contribution in [0.3, 0.4) is 0 Å². The topological polar surface area (TPSA) is 9.23 Å². The molecule has 1 aliphatic carbocycles. The predicted molar refractivity (Wildman–Crippen MR) is 112 cm³/mol. The standard InChI is InChI=1S/C25H33FO/c1-2-3-7-18-27-25-17-16-23(19-24(25)26)22-14-12-21(13-15-22)11-10-20-8-5-4-6-9-20/h12-17,19-20H,2-11,18H2,1H3. The van der Waals surface area contributed by atoms with Gasteiger partial charge in [0.05, 0.1) is 6.61 Å². The number of rotatable bonds is 9. The van der Waals surface area contributed by atoms with Crippen molar-refractivity contribution in [3.05, 3.63) is 53.8 Å². The van der Waals surface area contributed by atoms with Crippen LogP contribution in [-0.2, 0) is 6.42 Å². The molecular formula is C25H33FO. The lowest BCUT2D eigenvalue weighted by molar-refractivity contribution is 0.291. The Morgan fingerprint density at radius 3 is 2.37 bits per heavy atom. The van der Waals surface area contributed by atoms with Crippen LogP contribution in [0.5, 0.6) is 5.75 Å². The molecule has 1 nitrogen and oxygen atoms in total. The maximum absolute atomic E-state index is 14.3. The second-order valence-electron chi connectivity index (χ2n) is 7.94. The van der Waals surface area contributed by atoms with Gasteiger partial charge in [-0.05, 0) is 54.0 Å². The van der Waals surface area contributed by atoms with Crippen LogP contribution in [0.2, 0.25) is 0 Å². The third-order valence-electron chi connectivity index (χ3n) is 5.79. The SMILES string of the molecule is CCCCCOc1ccc(-c2ccc(CCC3CCCCC3)cc2)cc1F. The minimum atomic E-state index is -0.273. The molecule has 0 spiro atoms. The van der Waals surface area contributed by atoms with E-state index in [0.29, 0.717) is 12.4 Å². The van der Waals surface area contributed by atoms with Crippen molar-refractivity contribution in [1.82, 2.24) is 0 Å². The van der Waals surface area contributed by atoms with E-state index < -0.39 is 0 Å². The highest BCUT2D eigenvalue weighted by Crippen LogP contribution is 2.29. The Hall–Kier alpha value is -1.83. The van der Waals surface area contributed by atoms with Crippen LogP contribution < -0.4 is 4.74 Å². The lowest BCUT2D eigenvalue weighted by atomic mass is 9.85. The van der Waals surface area contributed by atoms with Gasteiger partial charge in [0.1, 0.15) is 0 Å². The van der Waals surface area contributed by atoms with Gasteiger partial charge in [-0.15, -0.1) is 0 Å². The highest BCUT2D eigenvalue weighted by atomic mass is 19.1. The van der Waals surface area contributed by atoms with E-state index in [2.05, 4.69) is 31.2 Å². The van der Waals surface area contributed by atoms with E-state index in [0.717, 1.165) is 42.7 Å². The average molecular weight is 369 g/mol. The highest BCUT2D eigenvalue weighted by Gasteiger charge is 2.13. The minimum Gasteiger partial charge on any atom is -0.491 e. The third kappa shape index (κ3) is 6.09. The Labute approximate surface area is 164 Å². The van der Waals surface area contributed by atoms with Crippen molar-refractivity contribution in [3.63, 3.8) is 0 Å². The van der Waals surface area contributed by atoms with Crippen molar-refractivity contribution in [2.24, 2.45) is 5.92 Å². The van der Waals surface area contributed by atoms with Crippen LogP contribution in [-0.4, -0.2) is 6.61 Å². The quantitative estimate of drug-likeness (QED) is 0.415. The maximum Gasteiger partial charge on any atom is 0.165 e. The van der Waals surface area contributed by atoms with Crippen molar-refractivity contribution < 1.29 is 9.13 Å². The molecule has 0 bridgehead atoms.